The van der Waals surface area contributed by atoms with E-state index < -0.39 is 65.9 Å². The Morgan fingerprint density at radius 3 is 2.28 bits per heavy atom. The first-order chi connectivity index (χ1) is 20.2. The van der Waals surface area contributed by atoms with Crippen LogP contribution in [0.25, 0.3) is 0 Å². The number of carbonyl (C=O) groups excluding carboxylic acids is 1. The van der Waals surface area contributed by atoms with E-state index in [-0.39, 0.29) is 45.5 Å². The zero-order chi connectivity index (χ0) is 31.2. The average molecular weight is 658 g/mol. The van der Waals surface area contributed by atoms with E-state index in [1.54, 1.807) is 0 Å². The Kier molecular flexibility index (Phi) is 8.62. The number of rotatable bonds is 8. The Morgan fingerprint density at radius 2 is 1.67 bits per heavy atom. The Bertz CT molecular complexity index is 1740. The van der Waals surface area contributed by atoms with Crippen LogP contribution < -0.4 is 10.0 Å². The molecule has 0 spiro atoms. The van der Waals surface area contributed by atoms with Crippen LogP contribution in [0.15, 0.2) is 64.6 Å². The molecule has 230 valence electrons. The van der Waals surface area contributed by atoms with Gasteiger partial charge in [-0.25, -0.2) is 34.7 Å². The predicted octanol–water partition coefficient (Wildman–Crippen LogP) is 4.47. The third-order valence-electron chi connectivity index (χ3n) is 8.28. The number of anilines is 1. The summed E-state index contributed by atoms with van der Waals surface area (Å²) in [5.74, 6) is -6.71. The number of nitrogens with zero attached hydrogens (tertiary/aromatic N) is 1. The number of pyridine rings is 1. The molecule has 2 aliphatic rings. The number of hydrogen-bond donors (Lipinski definition) is 3. The summed E-state index contributed by atoms with van der Waals surface area (Å²) in [4.78, 5) is 16.2. The summed E-state index contributed by atoms with van der Waals surface area (Å²) in [7, 11) is -8.13. The molecule has 2 fully saturated rings. The minimum absolute atomic E-state index is 0.0326. The quantitative estimate of drug-likeness (QED) is 0.304. The maximum atomic E-state index is 13.9. The number of nitrogens with one attached hydrogen (secondary N) is 2. The van der Waals surface area contributed by atoms with Crippen molar-refractivity contribution in [1.29, 1.82) is 0 Å². The predicted molar refractivity (Wildman–Crippen MR) is 151 cm³/mol. The number of sulfone groups is 1. The van der Waals surface area contributed by atoms with Crippen LogP contribution in [-0.4, -0.2) is 50.2 Å². The van der Waals surface area contributed by atoms with E-state index >= 15 is 0 Å². The number of aliphatic hydroxyl groups is 1. The Balaban J connectivity index is 1.35. The van der Waals surface area contributed by atoms with E-state index in [1.807, 2.05) is 0 Å². The van der Waals surface area contributed by atoms with Crippen molar-refractivity contribution in [2.24, 2.45) is 11.8 Å². The van der Waals surface area contributed by atoms with Gasteiger partial charge in [-0.2, -0.15) is 0 Å². The number of hydrogen-bond acceptors (Lipinski definition) is 7. The van der Waals surface area contributed by atoms with E-state index in [0.29, 0.717) is 25.0 Å². The highest BCUT2D eigenvalue weighted by atomic mass is 35.5. The van der Waals surface area contributed by atoms with Crippen molar-refractivity contribution in [1.82, 2.24) is 9.71 Å². The van der Waals surface area contributed by atoms with Gasteiger partial charge < -0.3 is 10.4 Å². The van der Waals surface area contributed by atoms with Gasteiger partial charge in [-0.3, -0.25) is 9.78 Å². The summed E-state index contributed by atoms with van der Waals surface area (Å²) in [6.45, 7) is -0.298. The third-order valence-corrected chi connectivity index (χ3v) is 12.3. The molecule has 2 bridgehead atoms. The van der Waals surface area contributed by atoms with Gasteiger partial charge in [0.1, 0.15) is 4.90 Å². The van der Waals surface area contributed by atoms with Crippen LogP contribution in [-0.2, 0) is 19.9 Å². The lowest BCUT2D eigenvalue weighted by Crippen LogP contribution is -2.60. The SMILES string of the molecule is O=C(Nc1cc(F)c(F)c(F)c1)c1ccc(Cl)c(S(=O)(=O)C2CC3CCCC(C2)C3(O)CNS(=O)(=O)c2cccnc2)c1. The van der Waals surface area contributed by atoms with Gasteiger partial charge in [0.15, 0.2) is 27.3 Å². The summed E-state index contributed by atoms with van der Waals surface area (Å²) in [6.07, 6.45) is 4.38. The molecular formula is C28H27ClF3N3O6S2. The molecule has 5 rings (SSSR count). The highest BCUT2D eigenvalue weighted by Crippen LogP contribution is 2.50. The van der Waals surface area contributed by atoms with Gasteiger partial charge in [-0.05, 0) is 67.9 Å². The Labute approximate surface area is 251 Å². The molecule has 0 aliphatic heterocycles. The molecule has 3 N–H and O–H groups in total. The largest absolute Gasteiger partial charge is 0.388 e. The summed E-state index contributed by atoms with van der Waals surface area (Å²) >= 11 is 6.28. The van der Waals surface area contributed by atoms with E-state index in [1.165, 1.54) is 36.7 Å². The van der Waals surface area contributed by atoms with Gasteiger partial charge in [-0.15, -0.1) is 0 Å². The molecule has 1 heterocycles. The first-order valence-corrected chi connectivity index (χ1v) is 16.7. The molecule has 1 amide bonds. The number of benzene rings is 2. The molecule has 2 aliphatic carbocycles. The standard InChI is InChI=1S/C28H27ClF3N3O6S2/c29-22-7-6-16(27(36)35-19-12-23(30)26(32)24(31)13-19)9-25(22)42(38,39)21-10-17-3-1-4-18(11-21)28(17,37)15-34-43(40,41)20-5-2-8-33-14-20/h2,5-9,12-14,17-18,21,34,37H,1,3-4,10-11,15H2,(H,35,36). The molecule has 2 unspecified atom stereocenters. The second-order valence-corrected chi connectivity index (χ2v) is 15.2. The number of halogens is 4. The third kappa shape index (κ3) is 6.16. The lowest BCUT2D eigenvalue weighted by Gasteiger charge is -2.51. The number of aromatic nitrogens is 1. The molecular weight excluding hydrogens is 631 g/mol. The van der Waals surface area contributed by atoms with Crippen molar-refractivity contribution in [3.8, 4) is 0 Å². The normalized spacial score (nSPS) is 24.0. The van der Waals surface area contributed by atoms with E-state index in [2.05, 4.69) is 15.0 Å². The first-order valence-electron chi connectivity index (χ1n) is 13.3. The highest BCUT2D eigenvalue weighted by Gasteiger charge is 2.53. The maximum Gasteiger partial charge on any atom is 0.255 e. The van der Waals surface area contributed by atoms with Gasteiger partial charge in [0.25, 0.3) is 5.91 Å². The van der Waals surface area contributed by atoms with Crippen LogP contribution in [0.5, 0.6) is 0 Å². The monoisotopic (exact) mass is 657 g/mol. The molecule has 43 heavy (non-hydrogen) atoms. The Morgan fingerprint density at radius 1 is 1.02 bits per heavy atom. The molecule has 1 aromatic heterocycles. The van der Waals surface area contributed by atoms with Crippen LogP contribution >= 0.6 is 11.6 Å². The Hall–Kier alpha value is -3.04. The second-order valence-electron chi connectivity index (χ2n) is 10.8. The fraction of sp³-hybridized carbons (Fsp3) is 0.357. The van der Waals surface area contributed by atoms with Crippen LogP contribution in [0.4, 0.5) is 18.9 Å². The first kappa shape index (κ1) is 31.4. The maximum absolute atomic E-state index is 13.9. The summed E-state index contributed by atoms with van der Waals surface area (Å²) in [5, 5.41) is 12.8. The number of fused-ring (bicyclic) bond motifs is 2. The summed E-state index contributed by atoms with van der Waals surface area (Å²) in [6, 6.07) is 7.52. The van der Waals surface area contributed by atoms with Gasteiger partial charge in [-0.1, -0.05) is 18.0 Å². The fourth-order valence-electron chi connectivity index (χ4n) is 6.03. The lowest BCUT2D eigenvalue weighted by molar-refractivity contribution is -0.112. The molecule has 2 saturated carbocycles. The average Bonchev–Trinajstić information content (AvgIpc) is 2.95. The van der Waals surface area contributed by atoms with Crippen molar-refractivity contribution in [2.45, 2.75) is 52.7 Å². The summed E-state index contributed by atoms with van der Waals surface area (Å²) in [5.41, 5.74) is -2.03. The van der Waals surface area contributed by atoms with Crippen LogP contribution in [0, 0.1) is 29.3 Å². The highest BCUT2D eigenvalue weighted by molar-refractivity contribution is 7.92. The smallest absolute Gasteiger partial charge is 0.255 e. The van der Waals surface area contributed by atoms with Gasteiger partial charge in [0.2, 0.25) is 10.0 Å². The van der Waals surface area contributed by atoms with E-state index in [9.17, 15) is 39.9 Å². The van der Waals surface area contributed by atoms with Gasteiger partial charge >= 0.3 is 0 Å². The van der Waals surface area contributed by atoms with Crippen molar-refractivity contribution < 1.29 is 39.9 Å². The van der Waals surface area contributed by atoms with Crippen molar-refractivity contribution >= 4 is 43.1 Å². The molecule has 3 aromatic rings. The lowest BCUT2D eigenvalue weighted by atomic mass is 9.61. The molecule has 0 radical (unpaired) electrons. The van der Waals surface area contributed by atoms with Crippen molar-refractivity contribution in [3.05, 3.63) is 82.9 Å². The van der Waals surface area contributed by atoms with Crippen LogP contribution in [0.2, 0.25) is 5.02 Å². The van der Waals surface area contributed by atoms with Gasteiger partial charge in [0.05, 0.1) is 20.8 Å². The molecule has 15 heteroatoms. The zero-order valence-electron chi connectivity index (χ0n) is 22.4. The van der Waals surface area contributed by atoms with Crippen LogP contribution in [0.1, 0.15) is 42.5 Å². The van der Waals surface area contributed by atoms with Crippen LogP contribution in [0.3, 0.4) is 0 Å². The van der Waals surface area contributed by atoms with Crippen molar-refractivity contribution in [3.63, 3.8) is 0 Å². The summed E-state index contributed by atoms with van der Waals surface area (Å²) < 4.78 is 96.2. The minimum Gasteiger partial charge on any atom is -0.388 e. The minimum atomic E-state index is -4.16. The molecule has 9 nitrogen and oxygen atoms in total. The number of carbonyl (C=O) groups is 1. The van der Waals surface area contributed by atoms with E-state index in [4.69, 9.17) is 11.6 Å². The zero-order valence-corrected chi connectivity index (χ0v) is 24.8. The van der Waals surface area contributed by atoms with Crippen molar-refractivity contribution in [2.75, 3.05) is 11.9 Å². The molecule has 0 saturated heterocycles. The van der Waals surface area contributed by atoms with Gasteiger partial charge in [0, 0.05) is 42.3 Å². The topological polar surface area (TPSA) is 143 Å². The second kappa shape index (κ2) is 11.8. The fourth-order valence-corrected chi connectivity index (χ4v) is 9.48. The number of sulfonamides is 1. The van der Waals surface area contributed by atoms with E-state index in [0.717, 1.165) is 12.5 Å². The number of amides is 1. The molecule has 2 atom stereocenters. The molecule has 2 aromatic carbocycles.